The van der Waals surface area contributed by atoms with Gasteiger partial charge in [0.25, 0.3) is 5.91 Å². The van der Waals surface area contributed by atoms with Gasteiger partial charge >= 0.3 is 0 Å². The Labute approximate surface area is 176 Å². The van der Waals surface area contributed by atoms with E-state index in [1.165, 1.54) is 12.1 Å². The molecule has 30 heavy (non-hydrogen) atoms. The number of nitriles is 1. The zero-order valence-electron chi connectivity index (χ0n) is 16.0. The summed E-state index contributed by atoms with van der Waals surface area (Å²) in [5, 5.41) is 20.1. The molecule has 0 radical (unpaired) electrons. The fourth-order valence-electron chi connectivity index (χ4n) is 3.27. The maximum Gasteiger partial charge on any atom is 0.274 e. The van der Waals surface area contributed by atoms with Crippen molar-refractivity contribution in [3.8, 4) is 17.3 Å². The van der Waals surface area contributed by atoms with Gasteiger partial charge in [0.05, 0.1) is 36.0 Å². The van der Waals surface area contributed by atoms with Crippen LogP contribution in [0.4, 0.5) is 4.39 Å². The van der Waals surface area contributed by atoms with Crippen LogP contribution in [-0.4, -0.2) is 33.5 Å². The monoisotopic (exact) mass is 429 g/mol. The van der Waals surface area contributed by atoms with E-state index in [-0.39, 0.29) is 28.2 Å². The molecule has 1 atom stereocenters. The van der Waals surface area contributed by atoms with Crippen LogP contribution in [0, 0.1) is 17.1 Å². The van der Waals surface area contributed by atoms with Crippen LogP contribution in [0.15, 0.2) is 28.9 Å². The second-order valence-corrected chi connectivity index (χ2v) is 7.37. The molecule has 1 aromatic carbocycles. The van der Waals surface area contributed by atoms with Gasteiger partial charge in [-0.15, -0.1) is 0 Å². The van der Waals surface area contributed by atoms with Crippen LogP contribution in [-0.2, 0) is 24.3 Å². The molecular weight excluding hydrogens is 413 g/mol. The summed E-state index contributed by atoms with van der Waals surface area (Å²) >= 11 is 5.97. The van der Waals surface area contributed by atoms with Gasteiger partial charge in [-0.3, -0.25) is 9.48 Å². The van der Waals surface area contributed by atoms with Crippen molar-refractivity contribution >= 4 is 17.5 Å². The van der Waals surface area contributed by atoms with E-state index in [0.29, 0.717) is 48.8 Å². The maximum atomic E-state index is 14.0. The second kappa shape index (κ2) is 8.26. The van der Waals surface area contributed by atoms with Crippen LogP contribution in [0.1, 0.15) is 34.3 Å². The van der Waals surface area contributed by atoms with Gasteiger partial charge in [-0.2, -0.15) is 10.4 Å². The van der Waals surface area contributed by atoms with Gasteiger partial charge in [-0.05, 0) is 25.1 Å². The van der Waals surface area contributed by atoms with Gasteiger partial charge in [0.1, 0.15) is 23.2 Å². The Morgan fingerprint density at radius 3 is 3.10 bits per heavy atom. The number of aromatic nitrogens is 3. The smallest absolute Gasteiger partial charge is 0.274 e. The maximum absolute atomic E-state index is 14.0. The average molecular weight is 430 g/mol. The van der Waals surface area contributed by atoms with Crippen LogP contribution in [0.2, 0.25) is 5.02 Å². The zero-order valence-corrected chi connectivity index (χ0v) is 16.7. The van der Waals surface area contributed by atoms with E-state index >= 15 is 0 Å². The molecule has 0 fully saturated rings. The molecular formula is C20H17ClFN5O3. The number of benzene rings is 1. The molecule has 1 aliphatic heterocycles. The summed E-state index contributed by atoms with van der Waals surface area (Å²) in [6.45, 7) is 3.08. The lowest BCUT2D eigenvalue weighted by molar-refractivity contribution is 0.0908. The van der Waals surface area contributed by atoms with Crippen LogP contribution in [0.3, 0.4) is 0 Å². The average Bonchev–Trinajstić information content (AvgIpc) is 3.34. The Kier molecular flexibility index (Phi) is 5.53. The van der Waals surface area contributed by atoms with Crippen molar-refractivity contribution in [3.63, 3.8) is 0 Å². The summed E-state index contributed by atoms with van der Waals surface area (Å²) in [7, 11) is 0. The summed E-state index contributed by atoms with van der Waals surface area (Å²) in [4.78, 5) is 12.5. The molecule has 3 aromatic rings. The number of fused-ring (bicyclic) bond motifs is 1. The Bertz CT molecular complexity index is 1130. The van der Waals surface area contributed by atoms with Crippen molar-refractivity contribution in [2.45, 2.75) is 32.5 Å². The van der Waals surface area contributed by atoms with Gasteiger partial charge in [0.2, 0.25) is 0 Å². The highest BCUT2D eigenvalue weighted by Gasteiger charge is 2.25. The molecule has 0 saturated carbocycles. The molecule has 10 heteroatoms. The number of amides is 1. The highest BCUT2D eigenvalue weighted by Crippen LogP contribution is 2.27. The second-order valence-electron chi connectivity index (χ2n) is 6.96. The quantitative estimate of drug-likeness (QED) is 0.668. The van der Waals surface area contributed by atoms with Gasteiger partial charge in [-0.1, -0.05) is 16.8 Å². The topological polar surface area (TPSA) is 106 Å². The highest BCUT2D eigenvalue weighted by atomic mass is 35.5. The van der Waals surface area contributed by atoms with Gasteiger partial charge < -0.3 is 14.6 Å². The number of halogens is 2. The molecule has 0 bridgehead atoms. The molecule has 8 nitrogen and oxygen atoms in total. The first-order valence-electron chi connectivity index (χ1n) is 9.25. The van der Waals surface area contributed by atoms with Gasteiger partial charge in [-0.25, -0.2) is 4.39 Å². The lowest BCUT2D eigenvalue weighted by atomic mass is 10.1. The first-order chi connectivity index (χ1) is 14.5. The minimum atomic E-state index is -0.699. The predicted molar refractivity (Wildman–Crippen MR) is 104 cm³/mol. The Morgan fingerprint density at radius 2 is 2.33 bits per heavy atom. The van der Waals surface area contributed by atoms with Crippen LogP contribution >= 0.6 is 11.6 Å². The van der Waals surface area contributed by atoms with E-state index in [0.717, 1.165) is 0 Å². The lowest BCUT2D eigenvalue weighted by Gasteiger charge is -2.14. The van der Waals surface area contributed by atoms with Crippen molar-refractivity contribution in [2.75, 3.05) is 6.61 Å². The number of carbonyl (C=O) groups excluding carboxylic acids is 1. The summed E-state index contributed by atoms with van der Waals surface area (Å²) < 4.78 is 26.2. The number of ether oxygens (including phenoxy) is 1. The SMILES string of the molecule is C[C@@H](Cn1ccc(-c2cc(F)c(C#N)c(Cl)c2)n1)NC(=O)c1noc2c1COCC2. The fraction of sp³-hybridized carbons (Fsp3) is 0.300. The molecule has 0 unspecified atom stereocenters. The van der Waals surface area contributed by atoms with Gasteiger partial charge in [0, 0.05) is 24.2 Å². The molecule has 3 heterocycles. The number of rotatable bonds is 5. The standard InChI is InChI=1S/C20H17ClFN5O3/c1-11(24-20(28)19-14-10-29-5-3-18(14)30-26-19)9-27-4-2-17(25-27)12-6-15(21)13(8-23)16(22)7-12/h2,4,6-7,11H,3,5,9-10H2,1H3,(H,24,28)/t11-/m0/s1. The third-order valence-electron chi connectivity index (χ3n) is 4.73. The summed E-state index contributed by atoms with van der Waals surface area (Å²) in [6.07, 6.45) is 2.31. The molecule has 4 rings (SSSR count). The molecule has 2 aromatic heterocycles. The summed E-state index contributed by atoms with van der Waals surface area (Å²) in [5.41, 5.74) is 1.69. The number of nitrogens with one attached hydrogen (secondary N) is 1. The van der Waals surface area contributed by atoms with Gasteiger partial charge in [0.15, 0.2) is 5.69 Å². The molecule has 0 aliphatic carbocycles. The number of hydrogen-bond acceptors (Lipinski definition) is 6. The Balaban J connectivity index is 1.43. The molecule has 154 valence electrons. The summed E-state index contributed by atoms with van der Waals surface area (Å²) in [5.74, 6) is -0.356. The third kappa shape index (κ3) is 3.92. The number of nitrogens with zero attached hydrogens (tertiary/aromatic N) is 4. The first-order valence-corrected chi connectivity index (χ1v) is 9.63. The largest absolute Gasteiger partial charge is 0.376 e. The van der Waals surface area contributed by atoms with E-state index in [9.17, 15) is 9.18 Å². The molecule has 1 aliphatic rings. The minimum Gasteiger partial charge on any atom is -0.376 e. The van der Waals surface area contributed by atoms with Crippen LogP contribution < -0.4 is 5.32 Å². The number of carbonyl (C=O) groups is 1. The van der Waals surface area contributed by atoms with Crippen molar-refractivity contribution < 1.29 is 18.4 Å². The molecule has 1 amide bonds. The van der Waals surface area contributed by atoms with E-state index in [2.05, 4.69) is 15.6 Å². The predicted octanol–water partition coefficient (Wildman–Crippen LogP) is 3.09. The van der Waals surface area contributed by atoms with Crippen LogP contribution in [0.5, 0.6) is 0 Å². The third-order valence-corrected chi connectivity index (χ3v) is 5.03. The number of hydrogen-bond donors (Lipinski definition) is 1. The minimum absolute atomic E-state index is 0.0302. The fourth-order valence-corrected chi connectivity index (χ4v) is 3.52. The van der Waals surface area contributed by atoms with E-state index in [1.54, 1.807) is 23.0 Å². The molecule has 0 saturated heterocycles. The normalized spacial score (nSPS) is 14.1. The van der Waals surface area contributed by atoms with E-state index < -0.39 is 5.82 Å². The van der Waals surface area contributed by atoms with E-state index in [4.69, 9.17) is 26.1 Å². The van der Waals surface area contributed by atoms with Crippen molar-refractivity contribution in [3.05, 3.63) is 57.8 Å². The first kappa shape index (κ1) is 20.1. The van der Waals surface area contributed by atoms with Crippen molar-refractivity contribution in [1.29, 1.82) is 5.26 Å². The molecule has 1 N–H and O–H groups in total. The molecule has 0 spiro atoms. The Morgan fingerprint density at radius 1 is 1.50 bits per heavy atom. The lowest BCUT2D eigenvalue weighted by Crippen LogP contribution is -2.36. The summed E-state index contributed by atoms with van der Waals surface area (Å²) in [6, 6.07) is 5.89. The van der Waals surface area contributed by atoms with Crippen molar-refractivity contribution in [2.24, 2.45) is 0 Å². The Hall–Kier alpha value is -3.22. The van der Waals surface area contributed by atoms with Crippen LogP contribution in [0.25, 0.3) is 11.3 Å². The zero-order chi connectivity index (χ0) is 21.3. The highest BCUT2D eigenvalue weighted by molar-refractivity contribution is 6.32. The van der Waals surface area contributed by atoms with Crippen molar-refractivity contribution in [1.82, 2.24) is 20.3 Å². The van der Waals surface area contributed by atoms with E-state index in [1.807, 2.05) is 6.92 Å².